The van der Waals surface area contributed by atoms with E-state index in [1.54, 1.807) is 35.1 Å². The van der Waals surface area contributed by atoms with E-state index in [2.05, 4.69) is 20.5 Å². The quantitative estimate of drug-likeness (QED) is 0.550. The predicted octanol–water partition coefficient (Wildman–Crippen LogP) is 4.40. The molecule has 0 radical (unpaired) electrons. The third-order valence-corrected chi connectivity index (χ3v) is 5.07. The lowest BCUT2D eigenvalue weighted by molar-refractivity contribution is -0.117. The van der Waals surface area contributed by atoms with Crippen molar-refractivity contribution in [2.24, 2.45) is 5.92 Å². The molecule has 8 heteroatoms. The number of carbonyl (C=O) groups is 1. The van der Waals surface area contributed by atoms with Gasteiger partial charge in [0.1, 0.15) is 17.6 Å². The van der Waals surface area contributed by atoms with Gasteiger partial charge in [-0.2, -0.15) is 5.10 Å². The van der Waals surface area contributed by atoms with Crippen LogP contribution in [-0.2, 0) is 4.79 Å². The lowest BCUT2D eigenvalue weighted by Gasteiger charge is -2.14. The maximum absolute atomic E-state index is 14.6. The molecule has 3 aromatic heterocycles. The van der Waals surface area contributed by atoms with Crippen molar-refractivity contribution < 1.29 is 13.6 Å². The minimum absolute atomic E-state index is 0.00405. The van der Waals surface area contributed by atoms with Crippen molar-refractivity contribution in [2.75, 3.05) is 5.32 Å². The molecule has 1 aliphatic rings. The molecule has 1 aliphatic carbocycles. The van der Waals surface area contributed by atoms with Crippen LogP contribution in [0.15, 0.2) is 36.8 Å². The van der Waals surface area contributed by atoms with E-state index in [0.29, 0.717) is 33.5 Å². The van der Waals surface area contributed by atoms with Gasteiger partial charge in [0.25, 0.3) is 0 Å². The standard InChI is InChI=1S/C20H17F2N5O/c1-10(21)18-14(22)6-15-13(7-23-26-15)19(18)12-4-5-17-24-16(9-27(17)8-12)25-20(28)11-2-3-11/h4-11H,2-3H2,1H3,(H,23,26)(H,25,28). The van der Waals surface area contributed by atoms with Crippen molar-refractivity contribution in [1.82, 2.24) is 19.6 Å². The highest BCUT2D eigenvalue weighted by Gasteiger charge is 2.30. The molecule has 1 unspecified atom stereocenters. The summed E-state index contributed by atoms with van der Waals surface area (Å²) in [6, 6.07) is 4.78. The van der Waals surface area contributed by atoms with Gasteiger partial charge < -0.3 is 9.72 Å². The molecule has 0 spiro atoms. The fourth-order valence-electron chi connectivity index (χ4n) is 3.55. The number of aromatic amines is 1. The first kappa shape index (κ1) is 16.9. The van der Waals surface area contributed by atoms with E-state index in [1.807, 2.05) is 0 Å². The number of hydrogen-bond acceptors (Lipinski definition) is 3. The number of benzene rings is 1. The second kappa shape index (κ2) is 6.12. The Labute approximate surface area is 158 Å². The normalized spacial score (nSPS) is 15.2. The lowest BCUT2D eigenvalue weighted by atomic mass is 9.94. The minimum Gasteiger partial charge on any atom is -0.309 e. The Morgan fingerprint density at radius 1 is 1.36 bits per heavy atom. The van der Waals surface area contributed by atoms with Gasteiger partial charge in [-0.05, 0) is 43.5 Å². The van der Waals surface area contributed by atoms with E-state index in [0.717, 1.165) is 12.8 Å². The van der Waals surface area contributed by atoms with Crippen LogP contribution in [0.25, 0.3) is 27.7 Å². The summed E-state index contributed by atoms with van der Waals surface area (Å²) >= 11 is 0. The van der Waals surface area contributed by atoms with Crippen LogP contribution in [0.5, 0.6) is 0 Å². The number of hydrogen-bond donors (Lipinski definition) is 2. The highest BCUT2D eigenvalue weighted by molar-refractivity contribution is 5.97. The second-order valence-corrected chi connectivity index (χ2v) is 7.17. The highest BCUT2D eigenvalue weighted by atomic mass is 19.1. The summed E-state index contributed by atoms with van der Waals surface area (Å²) in [6.07, 6.45) is 5.35. The smallest absolute Gasteiger partial charge is 0.228 e. The Balaban J connectivity index is 1.64. The number of pyridine rings is 1. The van der Waals surface area contributed by atoms with Crippen molar-refractivity contribution in [1.29, 1.82) is 0 Å². The number of aromatic nitrogens is 4. The minimum atomic E-state index is -1.49. The molecule has 0 bridgehead atoms. The Kier molecular flexibility index (Phi) is 3.68. The Bertz CT molecular complexity index is 1220. The fourth-order valence-corrected chi connectivity index (χ4v) is 3.55. The van der Waals surface area contributed by atoms with Gasteiger partial charge in [0.2, 0.25) is 5.91 Å². The first-order chi connectivity index (χ1) is 13.5. The van der Waals surface area contributed by atoms with Crippen LogP contribution in [-0.4, -0.2) is 25.5 Å². The van der Waals surface area contributed by atoms with E-state index < -0.39 is 12.0 Å². The summed E-state index contributed by atoms with van der Waals surface area (Å²) in [7, 11) is 0. The zero-order chi connectivity index (χ0) is 19.4. The summed E-state index contributed by atoms with van der Waals surface area (Å²) in [4.78, 5) is 16.3. The van der Waals surface area contributed by atoms with Crippen LogP contribution in [0.4, 0.5) is 14.6 Å². The van der Waals surface area contributed by atoms with E-state index in [-0.39, 0.29) is 17.4 Å². The van der Waals surface area contributed by atoms with Crippen LogP contribution >= 0.6 is 0 Å². The molecular weight excluding hydrogens is 364 g/mol. The van der Waals surface area contributed by atoms with Crippen LogP contribution in [0.3, 0.4) is 0 Å². The van der Waals surface area contributed by atoms with Crippen molar-refractivity contribution in [2.45, 2.75) is 25.9 Å². The summed E-state index contributed by atoms with van der Waals surface area (Å²) in [5, 5.41) is 10.2. The van der Waals surface area contributed by atoms with Crippen molar-refractivity contribution in [3.05, 3.63) is 48.2 Å². The second-order valence-electron chi connectivity index (χ2n) is 7.17. The number of fused-ring (bicyclic) bond motifs is 2. The third-order valence-electron chi connectivity index (χ3n) is 5.07. The molecule has 0 aliphatic heterocycles. The van der Waals surface area contributed by atoms with Crippen LogP contribution in [0, 0.1) is 11.7 Å². The number of anilines is 1. The number of nitrogens with zero attached hydrogens (tertiary/aromatic N) is 3. The largest absolute Gasteiger partial charge is 0.309 e. The molecule has 1 saturated carbocycles. The zero-order valence-electron chi connectivity index (χ0n) is 15.0. The molecule has 6 nitrogen and oxygen atoms in total. The molecule has 2 N–H and O–H groups in total. The summed E-state index contributed by atoms with van der Waals surface area (Å²) in [5.74, 6) is -0.108. The molecule has 4 aromatic rings. The third kappa shape index (κ3) is 2.72. The zero-order valence-corrected chi connectivity index (χ0v) is 15.0. The molecule has 1 amide bonds. The van der Waals surface area contributed by atoms with Gasteiger partial charge in [-0.15, -0.1) is 0 Å². The summed E-state index contributed by atoms with van der Waals surface area (Å²) in [5.41, 5.74) is 2.22. The summed E-state index contributed by atoms with van der Waals surface area (Å²) < 4.78 is 30.6. The Morgan fingerprint density at radius 3 is 2.93 bits per heavy atom. The highest BCUT2D eigenvalue weighted by Crippen LogP contribution is 2.38. The van der Waals surface area contributed by atoms with Crippen molar-refractivity contribution >= 4 is 28.3 Å². The first-order valence-electron chi connectivity index (χ1n) is 9.11. The number of alkyl halides is 1. The monoisotopic (exact) mass is 381 g/mol. The average Bonchev–Trinajstić information content (AvgIpc) is 3.28. The van der Waals surface area contributed by atoms with E-state index in [4.69, 9.17) is 0 Å². The van der Waals surface area contributed by atoms with Crippen molar-refractivity contribution in [3.8, 4) is 11.1 Å². The first-order valence-corrected chi connectivity index (χ1v) is 9.11. The van der Waals surface area contributed by atoms with E-state index in [9.17, 15) is 13.6 Å². The molecule has 3 heterocycles. The molecule has 28 heavy (non-hydrogen) atoms. The fraction of sp³-hybridized carbons (Fsp3) is 0.250. The molecular formula is C20H17F2N5O. The molecule has 0 saturated heterocycles. The average molecular weight is 381 g/mol. The SMILES string of the molecule is CC(F)c1c(F)cc2[nH]ncc2c1-c1ccc2nc(NC(=O)C3CC3)cn2c1. The number of imidazole rings is 1. The summed E-state index contributed by atoms with van der Waals surface area (Å²) in [6.45, 7) is 1.31. The van der Waals surface area contributed by atoms with Crippen LogP contribution < -0.4 is 5.32 Å². The number of carbonyl (C=O) groups excluding carboxylic acids is 1. The number of amides is 1. The Morgan fingerprint density at radius 2 is 2.18 bits per heavy atom. The van der Waals surface area contributed by atoms with Gasteiger partial charge in [0.15, 0.2) is 5.82 Å². The van der Waals surface area contributed by atoms with Gasteiger partial charge >= 0.3 is 0 Å². The van der Waals surface area contributed by atoms with E-state index >= 15 is 0 Å². The maximum atomic E-state index is 14.6. The molecule has 5 rings (SSSR count). The predicted molar refractivity (Wildman–Crippen MR) is 101 cm³/mol. The van der Waals surface area contributed by atoms with Gasteiger partial charge in [0.05, 0.1) is 17.9 Å². The number of nitrogens with one attached hydrogen (secondary N) is 2. The topological polar surface area (TPSA) is 75.1 Å². The lowest BCUT2D eigenvalue weighted by Crippen LogP contribution is -2.13. The van der Waals surface area contributed by atoms with E-state index in [1.165, 1.54) is 13.0 Å². The van der Waals surface area contributed by atoms with Gasteiger partial charge in [-0.25, -0.2) is 13.8 Å². The van der Waals surface area contributed by atoms with Gasteiger partial charge in [0, 0.05) is 28.6 Å². The molecule has 1 fully saturated rings. The van der Waals surface area contributed by atoms with Crippen LogP contribution in [0.1, 0.15) is 31.5 Å². The Hall–Kier alpha value is -3.29. The number of rotatable bonds is 4. The van der Waals surface area contributed by atoms with Crippen molar-refractivity contribution in [3.63, 3.8) is 0 Å². The van der Waals surface area contributed by atoms with Crippen LogP contribution in [0.2, 0.25) is 0 Å². The molecule has 142 valence electrons. The number of halogens is 2. The maximum Gasteiger partial charge on any atom is 0.228 e. The number of H-pyrrole nitrogens is 1. The molecule has 1 aromatic carbocycles. The molecule has 1 atom stereocenters. The van der Waals surface area contributed by atoms with Gasteiger partial charge in [-0.1, -0.05) is 0 Å². The van der Waals surface area contributed by atoms with Gasteiger partial charge in [-0.3, -0.25) is 9.89 Å².